The van der Waals surface area contributed by atoms with E-state index in [0.29, 0.717) is 6.04 Å². The number of nitrogens with one attached hydrogen (secondary N) is 1. The molecule has 3 N–H and O–H groups in total. The number of carbonyl (C=O) groups is 1. The van der Waals surface area contributed by atoms with Crippen LogP contribution in [0.4, 0.5) is 0 Å². The maximum atomic E-state index is 11.6. The minimum Gasteiger partial charge on any atom is -0.370 e. The lowest BCUT2D eigenvalue weighted by molar-refractivity contribution is -0.132. The van der Waals surface area contributed by atoms with Crippen molar-refractivity contribution in [3.8, 4) is 0 Å². The van der Waals surface area contributed by atoms with Gasteiger partial charge in [0, 0.05) is 19.2 Å². The topological polar surface area (TPSA) is 64.3 Å². The van der Waals surface area contributed by atoms with E-state index < -0.39 is 6.10 Å². The van der Waals surface area contributed by atoms with Gasteiger partial charge in [-0.2, -0.15) is 0 Å². The van der Waals surface area contributed by atoms with Crippen LogP contribution in [0.15, 0.2) is 0 Å². The number of amides is 1. The summed E-state index contributed by atoms with van der Waals surface area (Å²) < 4.78 is 5.12. The monoisotopic (exact) mass is 200 g/mol. The van der Waals surface area contributed by atoms with Crippen molar-refractivity contribution in [2.45, 2.75) is 50.8 Å². The second-order valence-corrected chi connectivity index (χ2v) is 3.89. The molecule has 1 aliphatic carbocycles. The number of carbonyl (C=O) groups excluding carboxylic acids is 1. The van der Waals surface area contributed by atoms with Crippen LogP contribution in [-0.2, 0) is 9.53 Å². The third-order valence-electron chi connectivity index (χ3n) is 2.45. The van der Waals surface area contributed by atoms with Crippen LogP contribution >= 0.6 is 0 Å². The molecule has 4 nitrogen and oxygen atoms in total. The van der Waals surface area contributed by atoms with E-state index in [4.69, 9.17) is 10.5 Å². The Labute approximate surface area is 85.2 Å². The first-order chi connectivity index (χ1) is 6.69. The molecular weight excluding hydrogens is 180 g/mol. The Balaban J connectivity index is 2.37. The average molecular weight is 200 g/mol. The lowest BCUT2D eigenvalue weighted by Crippen LogP contribution is -2.48. The van der Waals surface area contributed by atoms with E-state index in [1.807, 2.05) is 6.92 Å². The van der Waals surface area contributed by atoms with Gasteiger partial charge in [-0.05, 0) is 19.3 Å². The van der Waals surface area contributed by atoms with Gasteiger partial charge >= 0.3 is 0 Å². The zero-order valence-corrected chi connectivity index (χ0v) is 8.95. The van der Waals surface area contributed by atoms with Crippen molar-refractivity contribution < 1.29 is 9.53 Å². The van der Waals surface area contributed by atoms with Gasteiger partial charge in [0.15, 0.2) is 6.10 Å². The highest BCUT2D eigenvalue weighted by atomic mass is 16.5. The number of hydrogen-bond acceptors (Lipinski definition) is 3. The van der Waals surface area contributed by atoms with Gasteiger partial charge in [-0.15, -0.1) is 0 Å². The first-order valence-electron chi connectivity index (χ1n) is 5.27. The minimum absolute atomic E-state index is 0.0593. The van der Waals surface area contributed by atoms with Crippen molar-refractivity contribution in [2.75, 3.05) is 7.11 Å². The fraction of sp³-hybridized carbons (Fsp3) is 0.900. The summed E-state index contributed by atoms with van der Waals surface area (Å²) in [6, 6.07) is 0.178. The molecule has 0 aromatic heterocycles. The third-order valence-corrected chi connectivity index (χ3v) is 2.45. The van der Waals surface area contributed by atoms with Crippen LogP contribution in [0, 0.1) is 0 Å². The van der Waals surface area contributed by atoms with Crippen LogP contribution in [0.2, 0.25) is 0 Å². The lowest BCUT2D eigenvalue weighted by Gasteiger charge is -2.21. The van der Waals surface area contributed by atoms with Crippen LogP contribution in [0.1, 0.15) is 32.6 Å². The van der Waals surface area contributed by atoms with Crippen molar-refractivity contribution in [1.82, 2.24) is 5.32 Å². The largest absolute Gasteiger partial charge is 0.370 e. The molecule has 1 fully saturated rings. The summed E-state index contributed by atoms with van der Waals surface area (Å²) in [4.78, 5) is 11.6. The Morgan fingerprint density at radius 1 is 1.64 bits per heavy atom. The maximum absolute atomic E-state index is 11.6. The van der Waals surface area contributed by atoms with Gasteiger partial charge in [0.25, 0.3) is 5.91 Å². The SMILES string of the molecule is CCCC(N)C(OC)C(=O)NC1CC1. The lowest BCUT2D eigenvalue weighted by atomic mass is 10.1. The Bertz CT molecular complexity index is 193. The van der Waals surface area contributed by atoms with E-state index in [9.17, 15) is 4.79 Å². The number of rotatable bonds is 6. The van der Waals surface area contributed by atoms with Gasteiger partial charge < -0.3 is 15.8 Å². The van der Waals surface area contributed by atoms with Gasteiger partial charge in [-0.3, -0.25) is 4.79 Å². The first kappa shape index (κ1) is 11.5. The zero-order valence-electron chi connectivity index (χ0n) is 8.95. The first-order valence-corrected chi connectivity index (χ1v) is 5.27. The molecule has 1 aliphatic rings. The van der Waals surface area contributed by atoms with Gasteiger partial charge in [0.1, 0.15) is 0 Å². The molecule has 0 radical (unpaired) electrons. The van der Waals surface area contributed by atoms with Crippen molar-refractivity contribution in [3.05, 3.63) is 0 Å². The predicted molar refractivity (Wildman–Crippen MR) is 54.8 cm³/mol. The van der Waals surface area contributed by atoms with E-state index in [-0.39, 0.29) is 11.9 Å². The normalized spacial score (nSPS) is 20.2. The molecule has 0 spiro atoms. The highest BCUT2D eigenvalue weighted by Crippen LogP contribution is 2.19. The average Bonchev–Trinajstić information content (AvgIpc) is 2.90. The van der Waals surface area contributed by atoms with Gasteiger partial charge in [0.05, 0.1) is 0 Å². The van der Waals surface area contributed by atoms with Crippen molar-refractivity contribution in [3.63, 3.8) is 0 Å². The summed E-state index contributed by atoms with van der Waals surface area (Å²) in [6.07, 6.45) is 3.47. The van der Waals surface area contributed by atoms with Gasteiger partial charge in [-0.25, -0.2) is 0 Å². The Morgan fingerprint density at radius 2 is 2.29 bits per heavy atom. The summed E-state index contributed by atoms with van der Waals surface area (Å²) in [5.41, 5.74) is 5.85. The van der Waals surface area contributed by atoms with Crippen LogP contribution in [-0.4, -0.2) is 31.2 Å². The predicted octanol–water partition coefficient (Wildman–Crippen LogP) is 0.407. The third kappa shape index (κ3) is 3.27. The fourth-order valence-electron chi connectivity index (χ4n) is 1.47. The van der Waals surface area contributed by atoms with Crippen molar-refractivity contribution >= 4 is 5.91 Å². The van der Waals surface area contributed by atoms with Crippen LogP contribution < -0.4 is 11.1 Å². The number of methoxy groups -OCH3 is 1. The molecule has 0 aliphatic heterocycles. The summed E-state index contributed by atoms with van der Waals surface area (Å²) in [7, 11) is 1.53. The number of nitrogens with two attached hydrogens (primary N) is 1. The molecule has 2 atom stereocenters. The van der Waals surface area contributed by atoms with E-state index in [2.05, 4.69) is 5.32 Å². The maximum Gasteiger partial charge on any atom is 0.250 e. The Kier molecular flexibility index (Phi) is 4.35. The molecule has 2 unspecified atom stereocenters. The summed E-state index contributed by atoms with van der Waals surface area (Å²) in [5.74, 6) is -0.0593. The summed E-state index contributed by atoms with van der Waals surface area (Å²) in [5, 5.41) is 2.90. The molecule has 14 heavy (non-hydrogen) atoms. The van der Waals surface area contributed by atoms with Gasteiger partial charge in [-0.1, -0.05) is 13.3 Å². The van der Waals surface area contributed by atoms with E-state index in [1.54, 1.807) is 0 Å². The Hall–Kier alpha value is -0.610. The number of ether oxygens (including phenoxy) is 1. The van der Waals surface area contributed by atoms with Crippen molar-refractivity contribution in [1.29, 1.82) is 0 Å². The van der Waals surface area contributed by atoms with E-state index in [1.165, 1.54) is 7.11 Å². The standard InChI is InChI=1S/C10H20N2O2/c1-3-4-8(11)9(14-2)10(13)12-7-5-6-7/h7-9H,3-6,11H2,1-2H3,(H,12,13). The molecule has 4 heteroatoms. The molecule has 82 valence electrons. The quantitative estimate of drug-likeness (QED) is 0.652. The molecule has 0 bridgehead atoms. The van der Waals surface area contributed by atoms with Gasteiger partial charge in [0.2, 0.25) is 0 Å². The molecule has 1 amide bonds. The summed E-state index contributed by atoms with van der Waals surface area (Å²) in [6.45, 7) is 2.05. The Morgan fingerprint density at radius 3 is 2.71 bits per heavy atom. The minimum atomic E-state index is -0.490. The molecule has 0 heterocycles. The van der Waals surface area contributed by atoms with Crippen LogP contribution in [0.5, 0.6) is 0 Å². The highest BCUT2D eigenvalue weighted by Gasteiger charge is 2.30. The smallest absolute Gasteiger partial charge is 0.250 e. The van der Waals surface area contributed by atoms with E-state index in [0.717, 1.165) is 25.7 Å². The van der Waals surface area contributed by atoms with E-state index >= 15 is 0 Å². The van der Waals surface area contributed by atoms with Crippen molar-refractivity contribution in [2.24, 2.45) is 5.73 Å². The molecule has 1 saturated carbocycles. The summed E-state index contributed by atoms with van der Waals surface area (Å²) >= 11 is 0. The number of hydrogen-bond donors (Lipinski definition) is 2. The molecule has 0 saturated heterocycles. The van der Waals surface area contributed by atoms with Crippen LogP contribution in [0.25, 0.3) is 0 Å². The second kappa shape index (κ2) is 5.32. The van der Waals surface area contributed by atoms with Crippen LogP contribution in [0.3, 0.4) is 0 Å². The zero-order chi connectivity index (χ0) is 10.6. The molecular formula is C10H20N2O2. The second-order valence-electron chi connectivity index (χ2n) is 3.89. The fourth-order valence-corrected chi connectivity index (χ4v) is 1.47. The molecule has 1 rings (SSSR count). The highest BCUT2D eigenvalue weighted by molar-refractivity contribution is 5.82. The molecule has 0 aromatic rings. The molecule has 0 aromatic carbocycles.